The van der Waals surface area contributed by atoms with Crippen LogP contribution in [0.25, 0.3) is 0 Å². The lowest BCUT2D eigenvalue weighted by molar-refractivity contribution is -0.384. The molecule has 0 saturated carbocycles. The first kappa shape index (κ1) is 13.8. The lowest BCUT2D eigenvalue weighted by Crippen LogP contribution is -2.22. The minimum Gasteiger partial charge on any atom is -0.302 e. The van der Waals surface area contributed by atoms with Crippen LogP contribution in [0.4, 0.5) is 24.7 Å². The standard InChI is InChI=1S/C10H8F3N5O2/c11-10(12,13)7-17-9(8(6-15-17)18(19)20)16-4-1-2-14-3-5-16/h1-6H,7H2. The summed E-state index contributed by atoms with van der Waals surface area (Å²) in [5, 5.41) is 14.3. The van der Waals surface area contributed by atoms with Crippen LogP contribution in [-0.4, -0.2) is 27.1 Å². The highest BCUT2D eigenvalue weighted by Gasteiger charge is 2.33. The zero-order valence-corrected chi connectivity index (χ0v) is 9.86. The van der Waals surface area contributed by atoms with Gasteiger partial charge in [0.2, 0.25) is 5.82 Å². The molecule has 0 N–H and O–H groups in total. The zero-order valence-electron chi connectivity index (χ0n) is 9.86. The van der Waals surface area contributed by atoms with Crippen molar-refractivity contribution in [3.05, 3.63) is 41.0 Å². The van der Waals surface area contributed by atoms with Gasteiger partial charge in [0.15, 0.2) is 0 Å². The van der Waals surface area contributed by atoms with Crippen molar-refractivity contribution in [1.29, 1.82) is 0 Å². The molecular weight excluding hydrogens is 279 g/mol. The normalized spacial score (nSPS) is 14.7. The SMILES string of the molecule is O=[N+]([O-])c1cnn(CC(F)(F)F)c1N1C=CC=NC=C1. The number of alkyl halides is 3. The highest BCUT2D eigenvalue weighted by Crippen LogP contribution is 2.31. The van der Waals surface area contributed by atoms with E-state index in [1.807, 2.05) is 0 Å². The molecule has 1 aromatic rings. The van der Waals surface area contributed by atoms with E-state index >= 15 is 0 Å². The molecule has 0 radical (unpaired) electrons. The second-order valence-corrected chi connectivity index (χ2v) is 3.73. The predicted octanol–water partition coefficient (Wildman–Crippen LogP) is 2.23. The third kappa shape index (κ3) is 3.02. The van der Waals surface area contributed by atoms with Gasteiger partial charge in [0.25, 0.3) is 0 Å². The quantitative estimate of drug-likeness (QED) is 0.631. The Morgan fingerprint density at radius 1 is 1.35 bits per heavy atom. The summed E-state index contributed by atoms with van der Waals surface area (Å²) in [5.41, 5.74) is -0.523. The lowest BCUT2D eigenvalue weighted by atomic mass is 10.4. The minimum atomic E-state index is -4.54. The van der Waals surface area contributed by atoms with E-state index in [-0.39, 0.29) is 5.82 Å². The smallest absolute Gasteiger partial charge is 0.302 e. The van der Waals surface area contributed by atoms with Gasteiger partial charge in [-0.3, -0.25) is 15.1 Å². The van der Waals surface area contributed by atoms with Crippen LogP contribution in [0, 0.1) is 10.1 Å². The van der Waals surface area contributed by atoms with Crippen LogP contribution < -0.4 is 4.90 Å². The molecule has 2 rings (SSSR count). The van der Waals surface area contributed by atoms with Gasteiger partial charge in [-0.25, -0.2) is 4.68 Å². The Morgan fingerprint density at radius 3 is 2.75 bits per heavy atom. The molecule has 1 aromatic heterocycles. The van der Waals surface area contributed by atoms with Gasteiger partial charge < -0.3 is 4.90 Å². The van der Waals surface area contributed by atoms with E-state index in [2.05, 4.69) is 10.1 Å². The van der Waals surface area contributed by atoms with Crippen molar-refractivity contribution in [3.8, 4) is 0 Å². The molecule has 0 aliphatic carbocycles. The Bertz CT molecular complexity index is 587. The fourth-order valence-corrected chi connectivity index (χ4v) is 1.58. The Morgan fingerprint density at radius 2 is 2.10 bits per heavy atom. The van der Waals surface area contributed by atoms with Crippen LogP contribution >= 0.6 is 0 Å². The van der Waals surface area contributed by atoms with E-state index in [4.69, 9.17) is 0 Å². The molecule has 0 spiro atoms. The molecule has 20 heavy (non-hydrogen) atoms. The van der Waals surface area contributed by atoms with Crippen molar-refractivity contribution in [2.24, 2.45) is 4.99 Å². The number of allylic oxidation sites excluding steroid dienone is 1. The van der Waals surface area contributed by atoms with Crippen molar-refractivity contribution in [2.75, 3.05) is 4.90 Å². The van der Waals surface area contributed by atoms with Crippen LogP contribution in [0.3, 0.4) is 0 Å². The first-order valence-corrected chi connectivity index (χ1v) is 5.30. The number of aliphatic imine (C=N–C) groups is 1. The largest absolute Gasteiger partial charge is 0.408 e. The average Bonchev–Trinajstić information content (AvgIpc) is 2.58. The van der Waals surface area contributed by atoms with E-state index in [1.54, 1.807) is 0 Å². The van der Waals surface area contributed by atoms with Gasteiger partial charge in [0.05, 0.1) is 4.92 Å². The molecule has 0 aromatic carbocycles. The summed E-state index contributed by atoms with van der Waals surface area (Å²) < 4.78 is 37.9. The van der Waals surface area contributed by atoms with Crippen molar-refractivity contribution < 1.29 is 18.1 Å². The van der Waals surface area contributed by atoms with E-state index in [0.29, 0.717) is 4.68 Å². The number of hydrogen-bond donors (Lipinski definition) is 0. The summed E-state index contributed by atoms with van der Waals surface area (Å²) in [5.74, 6) is -0.287. The average molecular weight is 287 g/mol. The number of rotatable bonds is 3. The topological polar surface area (TPSA) is 76.6 Å². The van der Waals surface area contributed by atoms with Gasteiger partial charge >= 0.3 is 11.9 Å². The van der Waals surface area contributed by atoms with Crippen molar-refractivity contribution in [1.82, 2.24) is 9.78 Å². The lowest BCUT2D eigenvalue weighted by Gasteiger charge is -2.16. The Labute approximate surface area is 110 Å². The second kappa shape index (κ2) is 5.15. The molecule has 1 aliphatic heterocycles. The summed E-state index contributed by atoms with van der Waals surface area (Å²) in [6.45, 7) is -1.42. The molecule has 0 unspecified atom stereocenters. The third-order valence-corrected chi connectivity index (χ3v) is 2.30. The van der Waals surface area contributed by atoms with E-state index in [1.165, 1.54) is 30.9 Å². The summed E-state index contributed by atoms with van der Waals surface area (Å²) in [7, 11) is 0. The van der Waals surface area contributed by atoms with Crippen LogP contribution in [0.2, 0.25) is 0 Å². The zero-order chi connectivity index (χ0) is 14.8. The molecular formula is C10H8F3N5O2. The summed E-state index contributed by atoms with van der Waals surface area (Å²) in [4.78, 5) is 15.0. The third-order valence-electron chi connectivity index (χ3n) is 2.30. The Hall–Kier alpha value is -2.65. The van der Waals surface area contributed by atoms with Crippen LogP contribution in [0.5, 0.6) is 0 Å². The van der Waals surface area contributed by atoms with Gasteiger partial charge in [-0.2, -0.15) is 18.3 Å². The van der Waals surface area contributed by atoms with Gasteiger partial charge in [-0.15, -0.1) is 0 Å². The van der Waals surface area contributed by atoms with Crippen molar-refractivity contribution >= 4 is 17.7 Å². The van der Waals surface area contributed by atoms with Gasteiger partial charge in [0.1, 0.15) is 12.7 Å². The van der Waals surface area contributed by atoms with Crippen LogP contribution in [0.15, 0.2) is 35.9 Å². The summed E-state index contributed by atoms with van der Waals surface area (Å²) >= 11 is 0. The molecule has 0 amide bonds. The maximum atomic E-state index is 12.5. The molecule has 0 fully saturated rings. The summed E-state index contributed by atoms with van der Waals surface area (Å²) in [6, 6.07) is 0. The Balaban J connectivity index is 2.47. The highest BCUT2D eigenvalue weighted by molar-refractivity contribution is 5.74. The van der Waals surface area contributed by atoms with Crippen molar-refractivity contribution in [2.45, 2.75) is 12.7 Å². The fraction of sp³-hybridized carbons (Fsp3) is 0.200. The highest BCUT2D eigenvalue weighted by atomic mass is 19.4. The molecule has 106 valence electrons. The molecule has 2 heterocycles. The van der Waals surface area contributed by atoms with Crippen molar-refractivity contribution in [3.63, 3.8) is 0 Å². The molecule has 1 aliphatic rings. The Kier molecular flexibility index (Phi) is 3.55. The number of aromatic nitrogens is 2. The van der Waals surface area contributed by atoms with E-state index < -0.39 is 23.3 Å². The van der Waals surface area contributed by atoms with Crippen LogP contribution in [-0.2, 0) is 6.54 Å². The first-order chi connectivity index (χ1) is 9.38. The molecule has 10 heteroatoms. The number of nitro groups is 1. The molecule has 7 nitrogen and oxygen atoms in total. The van der Waals surface area contributed by atoms with Crippen LogP contribution in [0.1, 0.15) is 0 Å². The van der Waals surface area contributed by atoms with E-state index in [9.17, 15) is 23.3 Å². The summed E-state index contributed by atoms with van der Waals surface area (Å²) in [6.07, 6.45) is 3.04. The maximum absolute atomic E-state index is 12.5. The fourth-order valence-electron chi connectivity index (χ4n) is 1.58. The molecule has 0 saturated heterocycles. The predicted molar refractivity (Wildman–Crippen MR) is 64.2 cm³/mol. The van der Waals surface area contributed by atoms with Gasteiger partial charge in [-0.05, 0) is 6.08 Å². The van der Waals surface area contributed by atoms with Gasteiger partial charge in [-0.1, -0.05) is 0 Å². The molecule has 0 atom stereocenters. The minimum absolute atomic E-state index is 0.287. The van der Waals surface area contributed by atoms with Gasteiger partial charge in [0, 0.05) is 24.8 Å². The number of hydrogen-bond acceptors (Lipinski definition) is 5. The number of halogens is 3. The second-order valence-electron chi connectivity index (χ2n) is 3.73. The van der Waals surface area contributed by atoms with E-state index in [0.717, 1.165) is 11.1 Å². The number of nitrogens with zero attached hydrogens (tertiary/aromatic N) is 5. The number of anilines is 1. The first-order valence-electron chi connectivity index (χ1n) is 5.30. The monoisotopic (exact) mass is 287 g/mol. The maximum Gasteiger partial charge on any atom is 0.408 e. The molecule has 0 bridgehead atoms.